The Morgan fingerprint density at radius 1 is 1.50 bits per heavy atom. The van der Waals surface area contributed by atoms with Crippen molar-refractivity contribution in [2.75, 3.05) is 13.7 Å². The van der Waals surface area contributed by atoms with Gasteiger partial charge < -0.3 is 9.57 Å². The molecule has 0 N–H and O–H groups in total. The van der Waals surface area contributed by atoms with Crippen LogP contribution in [0.2, 0.25) is 0 Å². The zero-order chi connectivity index (χ0) is 13.0. The Morgan fingerprint density at radius 2 is 2.22 bits per heavy atom. The maximum Gasteiger partial charge on any atom is 0.319 e. The topological polar surface area (TPSA) is 71.7 Å². The van der Waals surface area contributed by atoms with E-state index in [2.05, 4.69) is 5.16 Å². The van der Waals surface area contributed by atoms with E-state index in [9.17, 15) is 4.79 Å². The quantitative estimate of drug-likeness (QED) is 0.757. The molecule has 0 aliphatic carbocycles. The van der Waals surface area contributed by atoms with E-state index in [0.717, 1.165) is 5.56 Å². The fourth-order valence-corrected chi connectivity index (χ4v) is 1.85. The molecule has 1 aromatic carbocycles. The molecule has 1 aliphatic rings. The minimum absolute atomic E-state index is 0.371. The third kappa shape index (κ3) is 2.33. The van der Waals surface area contributed by atoms with Crippen molar-refractivity contribution in [1.29, 1.82) is 5.26 Å². The van der Waals surface area contributed by atoms with E-state index >= 15 is 0 Å². The molecule has 5 nitrogen and oxygen atoms in total. The van der Waals surface area contributed by atoms with Crippen molar-refractivity contribution in [3.05, 3.63) is 35.4 Å². The van der Waals surface area contributed by atoms with E-state index in [1.54, 1.807) is 24.3 Å². The summed E-state index contributed by atoms with van der Waals surface area (Å²) in [6.07, 6.45) is 0.611. The maximum atomic E-state index is 11.8. The van der Waals surface area contributed by atoms with E-state index in [0.29, 0.717) is 24.3 Å². The van der Waals surface area contributed by atoms with Crippen LogP contribution in [-0.4, -0.2) is 25.4 Å². The molecule has 1 heterocycles. The van der Waals surface area contributed by atoms with E-state index in [1.165, 1.54) is 7.11 Å². The molecule has 1 aromatic rings. The number of rotatable bonds is 3. The highest BCUT2D eigenvalue weighted by molar-refractivity contribution is 6.07. The molecule has 18 heavy (non-hydrogen) atoms. The summed E-state index contributed by atoms with van der Waals surface area (Å²) in [6.45, 7) is 0.485. The van der Waals surface area contributed by atoms with Crippen LogP contribution in [0.1, 0.15) is 23.5 Å². The first-order valence-electron chi connectivity index (χ1n) is 5.53. The Labute approximate surface area is 105 Å². The van der Waals surface area contributed by atoms with Crippen LogP contribution in [0.3, 0.4) is 0 Å². The summed E-state index contributed by atoms with van der Waals surface area (Å²) in [6, 6.07) is 8.85. The summed E-state index contributed by atoms with van der Waals surface area (Å²) < 4.78 is 4.80. The highest BCUT2D eigenvalue weighted by Gasteiger charge is 2.29. The number of hydrogen-bond acceptors (Lipinski definition) is 5. The zero-order valence-electron chi connectivity index (χ0n) is 9.92. The number of nitriles is 1. The van der Waals surface area contributed by atoms with E-state index in [4.69, 9.17) is 14.8 Å². The summed E-state index contributed by atoms with van der Waals surface area (Å²) in [5.74, 6) is -0.922. The lowest BCUT2D eigenvalue weighted by Gasteiger charge is -2.13. The molecule has 0 radical (unpaired) electrons. The molecular weight excluding hydrogens is 232 g/mol. The van der Waals surface area contributed by atoms with Crippen LogP contribution in [0.15, 0.2) is 29.4 Å². The maximum absolute atomic E-state index is 11.8. The highest BCUT2D eigenvalue weighted by atomic mass is 16.6. The summed E-state index contributed by atoms with van der Waals surface area (Å²) in [5.41, 5.74) is 1.96. The predicted molar refractivity (Wildman–Crippen MR) is 63.9 cm³/mol. The van der Waals surface area contributed by atoms with Crippen LogP contribution < -0.4 is 0 Å². The number of carbonyl (C=O) groups excluding carboxylic acids is 1. The van der Waals surface area contributed by atoms with E-state index in [1.807, 2.05) is 6.07 Å². The fourth-order valence-electron chi connectivity index (χ4n) is 1.85. The van der Waals surface area contributed by atoms with Crippen LogP contribution in [0.5, 0.6) is 0 Å². The van der Waals surface area contributed by atoms with Gasteiger partial charge in [0.15, 0.2) is 0 Å². The van der Waals surface area contributed by atoms with Gasteiger partial charge in [0, 0.05) is 6.42 Å². The van der Waals surface area contributed by atoms with Gasteiger partial charge in [-0.1, -0.05) is 17.3 Å². The Hall–Kier alpha value is -2.35. The third-order valence-electron chi connectivity index (χ3n) is 2.77. The highest BCUT2D eigenvalue weighted by Crippen LogP contribution is 2.24. The lowest BCUT2D eigenvalue weighted by Crippen LogP contribution is -2.22. The first-order chi connectivity index (χ1) is 8.76. The van der Waals surface area contributed by atoms with Gasteiger partial charge in [0.25, 0.3) is 0 Å². The minimum Gasteiger partial charge on any atom is -0.468 e. The second-order valence-electron chi connectivity index (χ2n) is 3.86. The average molecular weight is 244 g/mol. The first-order valence-corrected chi connectivity index (χ1v) is 5.53. The SMILES string of the molecule is COC(=O)C(C1=NOCC1)c1ccc(C#N)cc1. The van der Waals surface area contributed by atoms with Crippen molar-refractivity contribution in [2.45, 2.75) is 12.3 Å². The predicted octanol–water partition coefficient (Wildman–Crippen LogP) is 1.59. The van der Waals surface area contributed by atoms with Crippen LogP contribution >= 0.6 is 0 Å². The minimum atomic E-state index is -0.551. The molecule has 1 aliphatic heterocycles. The van der Waals surface area contributed by atoms with Crippen molar-refractivity contribution in [2.24, 2.45) is 5.16 Å². The monoisotopic (exact) mass is 244 g/mol. The second-order valence-corrected chi connectivity index (χ2v) is 3.86. The summed E-state index contributed by atoms with van der Waals surface area (Å²) >= 11 is 0. The summed E-state index contributed by atoms with van der Waals surface area (Å²) in [5, 5.41) is 12.6. The molecule has 0 fully saturated rings. The number of oxime groups is 1. The van der Waals surface area contributed by atoms with Gasteiger partial charge in [0.05, 0.1) is 24.5 Å². The normalized spacial score (nSPS) is 15.2. The molecular formula is C13H12N2O3. The molecule has 0 aromatic heterocycles. The molecule has 5 heteroatoms. The molecule has 0 saturated carbocycles. The lowest BCUT2D eigenvalue weighted by atomic mass is 9.92. The summed E-state index contributed by atoms with van der Waals surface area (Å²) in [4.78, 5) is 16.8. The van der Waals surface area contributed by atoms with E-state index < -0.39 is 5.92 Å². The Kier molecular flexibility index (Phi) is 3.58. The Bertz CT molecular complexity index is 514. The second kappa shape index (κ2) is 5.32. The van der Waals surface area contributed by atoms with Gasteiger partial charge in [-0.3, -0.25) is 4.79 Å². The standard InChI is InChI=1S/C13H12N2O3/c1-17-13(16)12(11-6-7-18-15-11)10-4-2-9(8-14)3-5-10/h2-5,12H,6-7H2,1H3. The number of hydrogen-bond donors (Lipinski definition) is 0. The van der Waals surface area contributed by atoms with Gasteiger partial charge >= 0.3 is 5.97 Å². The van der Waals surface area contributed by atoms with Crippen molar-refractivity contribution in [3.63, 3.8) is 0 Å². The molecule has 0 amide bonds. The first kappa shape index (κ1) is 12.1. The molecule has 1 unspecified atom stereocenters. The molecule has 1 atom stereocenters. The van der Waals surface area contributed by atoms with Crippen LogP contribution in [0, 0.1) is 11.3 Å². The van der Waals surface area contributed by atoms with Crippen molar-refractivity contribution < 1.29 is 14.4 Å². The largest absolute Gasteiger partial charge is 0.468 e. The average Bonchev–Trinajstić information content (AvgIpc) is 2.93. The molecule has 0 spiro atoms. The van der Waals surface area contributed by atoms with Gasteiger partial charge in [-0.25, -0.2) is 0 Å². The molecule has 2 rings (SSSR count). The number of carbonyl (C=O) groups is 1. The molecule has 92 valence electrons. The summed E-state index contributed by atoms with van der Waals surface area (Å²) in [7, 11) is 1.34. The lowest BCUT2D eigenvalue weighted by molar-refractivity contribution is -0.140. The van der Waals surface area contributed by atoms with Crippen molar-refractivity contribution in [3.8, 4) is 6.07 Å². The number of esters is 1. The van der Waals surface area contributed by atoms with Gasteiger partial charge in [-0.05, 0) is 17.7 Å². The number of ether oxygens (including phenoxy) is 1. The van der Waals surface area contributed by atoms with Crippen LogP contribution in [0.25, 0.3) is 0 Å². The van der Waals surface area contributed by atoms with Crippen LogP contribution in [-0.2, 0) is 14.4 Å². The smallest absolute Gasteiger partial charge is 0.319 e. The van der Waals surface area contributed by atoms with Gasteiger partial charge in [-0.15, -0.1) is 0 Å². The van der Waals surface area contributed by atoms with Crippen molar-refractivity contribution in [1.82, 2.24) is 0 Å². The van der Waals surface area contributed by atoms with Gasteiger partial charge in [-0.2, -0.15) is 5.26 Å². The molecule has 0 bridgehead atoms. The van der Waals surface area contributed by atoms with Crippen LogP contribution in [0.4, 0.5) is 0 Å². The number of nitrogens with zero attached hydrogens (tertiary/aromatic N) is 2. The van der Waals surface area contributed by atoms with Gasteiger partial charge in [0.1, 0.15) is 12.5 Å². The third-order valence-corrected chi connectivity index (χ3v) is 2.77. The van der Waals surface area contributed by atoms with Gasteiger partial charge in [0.2, 0.25) is 0 Å². The Morgan fingerprint density at radius 3 is 2.72 bits per heavy atom. The number of methoxy groups -OCH3 is 1. The van der Waals surface area contributed by atoms with Crippen molar-refractivity contribution >= 4 is 11.7 Å². The van der Waals surface area contributed by atoms with E-state index in [-0.39, 0.29) is 5.97 Å². The number of benzene rings is 1. The Balaban J connectivity index is 2.33. The zero-order valence-corrected chi connectivity index (χ0v) is 9.92. The molecule has 0 saturated heterocycles. The fraction of sp³-hybridized carbons (Fsp3) is 0.308.